The number of hydrogen-bond donors (Lipinski definition) is 2. The largest absolute Gasteiger partial charge is 0.423 e. The number of benzene rings is 1. The summed E-state index contributed by atoms with van der Waals surface area (Å²) in [6.07, 6.45) is 3.56. The summed E-state index contributed by atoms with van der Waals surface area (Å²) in [6.45, 7) is 2.35. The van der Waals surface area contributed by atoms with Crippen LogP contribution in [0.2, 0.25) is 0 Å². The smallest absolute Gasteiger partial charge is 0.295 e. The van der Waals surface area contributed by atoms with Crippen LogP contribution in [0.5, 0.6) is 0 Å². The molecule has 0 unspecified atom stereocenters. The van der Waals surface area contributed by atoms with Crippen molar-refractivity contribution in [1.29, 1.82) is 0 Å². The molecule has 0 spiro atoms. The molecule has 0 bridgehead atoms. The van der Waals surface area contributed by atoms with Crippen molar-refractivity contribution < 1.29 is 17.2 Å². The summed E-state index contributed by atoms with van der Waals surface area (Å²) in [4.78, 5) is 4.28. The molecule has 0 amide bonds. The van der Waals surface area contributed by atoms with Crippen molar-refractivity contribution in [3.8, 4) is 0 Å². The zero-order chi connectivity index (χ0) is 17.2. The van der Waals surface area contributed by atoms with Crippen molar-refractivity contribution in [2.24, 2.45) is 5.92 Å². The molecule has 24 heavy (non-hydrogen) atoms. The van der Waals surface area contributed by atoms with Crippen LogP contribution in [0.1, 0.15) is 32.6 Å². The number of nitrogens with one attached hydrogen (secondary N) is 2. The van der Waals surface area contributed by atoms with E-state index in [9.17, 15) is 12.8 Å². The minimum absolute atomic E-state index is 0.0403. The number of anilines is 1. The Morgan fingerprint density at radius 1 is 1.29 bits per heavy atom. The monoisotopic (exact) mass is 355 g/mol. The maximum absolute atomic E-state index is 13.1. The summed E-state index contributed by atoms with van der Waals surface area (Å²) in [5, 5.41) is 3.16. The van der Waals surface area contributed by atoms with E-state index in [1.807, 2.05) is 0 Å². The summed E-state index contributed by atoms with van der Waals surface area (Å²) >= 11 is 0. The molecule has 132 valence electrons. The maximum atomic E-state index is 13.1. The van der Waals surface area contributed by atoms with Gasteiger partial charge in [0.05, 0.1) is 5.75 Å². The minimum atomic E-state index is -3.13. The van der Waals surface area contributed by atoms with Crippen LogP contribution >= 0.6 is 0 Å². The van der Waals surface area contributed by atoms with Gasteiger partial charge >= 0.3 is 0 Å². The Morgan fingerprint density at radius 2 is 2.04 bits per heavy atom. The third-order valence-corrected chi connectivity index (χ3v) is 5.92. The van der Waals surface area contributed by atoms with Gasteiger partial charge in [0.1, 0.15) is 11.3 Å². The summed E-state index contributed by atoms with van der Waals surface area (Å²) in [5.41, 5.74) is 1.05. The maximum Gasteiger partial charge on any atom is 0.295 e. The first-order valence-electron chi connectivity index (χ1n) is 8.25. The molecule has 1 fully saturated rings. The third kappa shape index (κ3) is 4.24. The molecular weight excluding hydrogens is 333 g/mol. The second-order valence-corrected chi connectivity index (χ2v) is 8.29. The topological polar surface area (TPSA) is 84.2 Å². The van der Waals surface area contributed by atoms with E-state index in [2.05, 4.69) is 15.0 Å². The first kappa shape index (κ1) is 17.2. The Labute approximate surface area is 140 Å². The molecule has 1 aliphatic carbocycles. The van der Waals surface area contributed by atoms with Gasteiger partial charge in [0.2, 0.25) is 10.0 Å². The Hall–Kier alpha value is -1.67. The highest BCUT2D eigenvalue weighted by molar-refractivity contribution is 7.89. The SMILES string of the molecule is CCS(=O)(=O)N[C@H]1CC[C@H](CNc2nc3ccc(F)cc3o2)CC1. The van der Waals surface area contributed by atoms with E-state index >= 15 is 0 Å². The fraction of sp³-hybridized carbons (Fsp3) is 0.562. The molecule has 8 heteroatoms. The van der Waals surface area contributed by atoms with Gasteiger partial charge in [0.25, 0.3) is 6.01 Å². The van der Waals surface area contributed by atoms with E-state index < -0.39 is 10.0 Å². The standard InChI is InChI=1S/C16H22FN3O3S/c1-2-24(21,22)20-13-6-3-11(4-7-13)10-18-16-19-14-8-5-12(17)9-15(14)23-16/h5,8-9,11,13,20H,2-4,6-7,10H2,1H3,(H,18,19)/t11-,13-. The van der Waals surface area contributed by atoms with Gasteiger partial charge in [-0.25, -0.2) is 17.5 Å². The van der Waals surface area contributed by atoms with Crippen LogP contribution in [0.25, 0.3) is 11.1 Å². The van der Waals surface area contributed by atoms with Crippen molar-refractivity contribution >= 4 is 27.1 Å². The lowest BCUT2D eigenvalue weighted by Crippen LogP contribution is -2.39. The highest BCUT2D eigenvalue weighted by Gasteiger charge is 2.24. The van der Waals surface area contributed by atoms with Crippen LogP contribution in [0, 0.1) is 11.7 Å². The van der Waals surface area contributed by atoms with Crippen LogP contribution in [0.3, 0.4) is 0 Å². The van der Waals surface area contributed by atoms with E-state index in [0.29, 0.717) is 29.6 Å². The van der Waals surface area contributed by atoms with Crippen molar-refractivity contribution in [3.05, 3.63) is 24.0 Å². The van der Waals surface area contributed by atoms with Crippen molar-refractivity contribution in [3.63, 3.8) is 0 Å². The van der Waals surface area contributed by atoms with Crippen LogP contribution < -0.4 is 10.0 Å². The highest BCUT2D eigenvalue weighted by atomic mass is 32.2. The molecule has 0 saturated heterocycles. The van der Waals surface area contributed by atoms with Crippen molar-refractivity contribution in [2.45, 2.75) is 38.6 Å². The molecule has 1 aromatic carbocycles. The number of oxazole rings is 1. The van der Waals surface area contributed by atoms with Gasteiger partial charge in [0, 0.05) is 18.7 Å². The number of rotatable bonds is 6. The first-order chi connectivity index (χ1) is 11.4. The van der Waals surface area contributed by atoms with Crippen molar-refractivity contribution in [1.82, 2.24) is 9.71 Å². The van der Waals surface area contributed by atoms with Gasteiger partial charge < -0.3 is 9.73 Å². The van der Waals surface area contributed by atoms with Gasteiger partial charge in [-0.2, -0.15) is 4.98 Å². The zero-order valence-electron chi connectivity index (χ0n) is 13.6. The van der Waals surface area contributed by atoms with Gasteiger partial charge in [-0.1, -0.05) is 0 Å². The lowest BCUT2D eigenvalue weighted by Gasteiger charge is -2.28. The number of sulfonamides is 1. The molecule has 0 aliphatic heterocycles. The van der Waals surface area contributed by atoms with E-state index in [-0.39, 0.29) is 17.6 Å². The highest BCUT2D eigenvalue weighted by Crippen LogP contribution is 2.26. The van der Waals surface area contributed by atoms with Crippen LogP contribution in [0.4, 0.5) is 10.4 Å². The molecule has 1 aliphatic rings. The van der Waals surface area contributed by atoms with E-state index in [1.54, 1.807) is 13.0 Å². The summed E-state index contributed by atoms with van der Waals surface area (Å²) < 4.78 is 44.6. The number of nitrogens with zero attached hydrogens (tertiary/aromatic N) is 1. The third-order valence-electron chi connectivity index (χ3n) is 4.47. The normalized spacial score (nSPS) is 21.9. The Kier molecular flexibility index (Phi) is 5.05. The van der Waals surface area contributed by atoms with Crippen LogP contribution in [0.15, 0.2) is 22.6 Å². The predicted molar refractivity (Wildman–Crippen MR) is 90.8 cm³/mol. The quantitative estimate of drug-likeness (QED) is 0.832. The average Bonchev–Trinajstić information content (AvgIpc) is 2.96. The zero-order valence-corrected chi connectivity index (χ0v) is 14.4. The number of fused-ring (bicyclic) bond motifs is 1. The molecule has 2 N–H and O–H groups in total. The summed E-state index contributed by atoms with van der Waals surface area (Å²) in [7, 11) is -3.13. The number of hydrogen-bond acceptors (Lipinski definition) is 5. The molecular formula is C16H22FN3O3S. The van der Waals surface area contributed by atoms with Crippen LogP contribution in [-0.2, 0) is 10.0 Å². The molecule has 0 radical (unpaired) electrons. The van der Waals surface area contributed by atoms with E-state index in [0.717, 1.165) is 25.7 Å². The Balaban J connectivity index is 1.49. The molecule has 2 aromatic rings. The molecule has 3 rings (SSSR count). The Bertz CT molecular complexity index is 798. The lowest BCUT2D eigenvalue weighted by atomic mass is 9.86. The molecule has 0 atom stereocenters. The van der Waals surface area contributed by atoms with E-state index in [1.165, 1.54) is 12.1 Å². The van der Waals surface area contributed by atoms with Gasteiger partial charge in [-0.05, 0) is 50.7 Å². The first-order valence-corrected chi connectivity index (χ1v) is 9.90. The second-order valence-electron chi connectivity index (χ2n) is 6.25. The molecule has 1 heterocycles. The number of halogens is 1. The minimum Gasteiger partial charge on any atom is -0.423 e. The van der Waals surface area contributed by atoms with Gasteiger partial charge in [-0.3, -0.25) is 0 Å². The fourth-order valence-corrected chi connectivity index (χ4v) is 3.94. The molecule has 6 nitrogen and oxygen atoms in total. The fourth-order valence-electron chi connectivity index (χ4n) is 3.03. The molecule has 1 aromatic heterocycles. The molecule has 1 saturated carbocycles. The second kappa shape index (κ2) is 7.06. The van der Waals surface area contributed by atoms with Gasteiger partial charge in [-0.15, -0.1) is 0 Å². The Morgan fingerprint density at radius 3 is 2.75 bits per heavy atom. The summed E-state index contributed by atoms with van der Waals surface area (Å²) in [6, 6.07) is 4.69. The van der Waals surface area contributed by atoms with Gasteiger partial charge in [0.15, 0.2) is 5.58 Å². The average molecular weight is 355 g/mol. The van der Waals surface area contributed by atoms with E-state index in [4.69, 9.17) is 4.42 Å². The predicted octanol–water partition coefficient (Wildman–Crippen LogP) is 2.88. The van der Waals surface area contributed by atoms with Crippen LogP contribution in [-0.4, -0.2) is 31.7 Å². The summed E-state index contributed by atoms with van der Waals surface area (Å²) in [5.74, 6) is 0.212. The lowest BCUT2D eigenvalue weighted by molar-refractivity contribution is 0.323. The van der Waals surface area contributed by atoms with Crippen molar-refractivity contribution in [2.75, 3.05) is 17.6 Å². The number of aromatic nitrogens is 1.